The van der Waals surface area contributed by atoms with E-state index in [1.807, 2.05) is 4.90 Å². The Kier molecular flexibility index (Phi) is 2.80. The summed E-state index contributed by atoms with van der Waals surface area (Å²) < 4.78 is 5.37. The van der Waals surface area contributed by atoms with Crippen molar-refractivity contribution in [1.82, 2.24) is 10.2 Å². The lowest BCUT2D eigenvalue weighted by atomic mass is 10.1. The highest BCUT2D eigenvalue weighted by Gasteiger charge is 2.27. The van der Waals surface area contributed by atoms with E-state index in [1.54, 1.807) is 0 Å². The summed E-state index contributed by atoms with van der Waals surface area (Å²) in [5.41, 5.74) is 0. The number of piperazine rings is 1. The average molecular weight is 184 g/mol. The number of carbonyl (C=O) groups is 1. The number of rotatable bonds is 1. The minimum absolute atomic E-state index is 0.224. The normalized spacial score (nSPS) is 30.6. The smallest absolute Gasteiger partial charge is 0.236 e. The third-order valence-corrected chi connectivity index (χ3v) is 2.70. The van der Waals surface area contributed by atoms with Gasteiger partial charge in [-0.05, 0) is 12.8 Å². The van der Waals surface area contributed by atoms with Gasteiger partial charge in [0.05, 0.1) is 19.2 Å². The van der Waals surface area contributed by atoms with Gasteiger partial charge >= 0.3 is 0 Å². The zero-order valence-corrected chi connectivity index (χ0v) is 7.79. The number of nitrogens with zero attached hydrogens (tertiary/aromatic N) is 1. The fourth-order valence-corrected chi connectivity index (χ4v) is 1.98. The van der Waals surface area contributed by atoms with Crippen molar-refractivity contribution >= 4 is 5.91 Å². The molecule has 4 heteroatoms. The van der Waals surface area contributed by atoms with Crippen LogP contribution in [0.3, 0.4) is 0 Å². The van der Waals surface area contributed by atoms with Crippen LogP contribution in [0.4, 0.5) is 0 Å². The monoisotopic (exact) mass is 184 g/mol. The van der Waals surface area contributed by atoms with Crippen molar-refractivity contribution in [2.24, 2.45) is 0 Å². The van der Waals surface area contributed by atoms with Crippen molar-refractivity contribution in [3.8, 4) is 0 Å². The molecule has 0 aromatic rings. The van der Waals surface area contributed by atoms with Gasteiger partial charge in [-0.1, -0.05) is 0 Å². The Bertz CT molecular complexity index is 190. The standard InChI is InChI=1S/C9H16N2O2/c12-9-6-10-3-4-11(9)8-2-1-5-13-7-8/h8,10H,1-7H2. The van der Waals surface area contributed by atoms with Crippen LogP contribution in [0.5, 0.6) is 0 Å². The third-order valence-electron chi connectivity index (χ3n) is 2.70. The number of amides is 1. The Morgan fingerprint density at radius 2 is 2.46 bits per heavy atom. The highest BCUT2D eigenvalue weighted by Crippen LogP contribution is 2.14. The zero-order chi connectivity index (χ0) is 9.10. The fraction of sp³-hybridized carbons (Fsp3) is 0.889. The van der Waals surface area contributed by atoms with Crippen molar-refractivity contribution in [2.75, 3.05) is 32.8 Å². The van der Waals surface area contributed by atoms with Crippen molar-refractivity contribution in [3.63, 3.8) is 0 Å². The first-order chi connectivity index (χ1) is 6.38. The molecule has 74 valence electrons. The second-order valence-corrected chi connectivity index (χ2v) is 3.63. The Hall–Kier alpha value is -0.610. The maximum Gasteiger partial charge on any atom is 0.236 e. The topological polar surface area (TPSA) is 41.6 Å². The van der Waals surface area contributed by atoms with E-state index in [0.29, 0.717) is 12.6 Å². The lowest BCUT2D eigenvalue weighted by molar-refractivity contribution is -0.137. The van der Waals surface area contributed by atoms with Gasteiger partial charge in [0, 0.05) is 19.7 Å². The molecule has 0 spiro atoms. The molecule has 1 amide bonds. The van der Waals surface area contributed by atoms with Crippen LogP contribution in [0.15, 0.2) is 0 Å². The maximum absolute atomic E-state index is 11.5. The van der Waals surface area contributed by atoms with E-state index in [9.17, 15) is 4.79 Å². The lowest BCUT2D eigenvalue weighted by Crippen LogP contribution is -2.54. The molecule has 2 aliphatic heterocycles. The summed E-state index contributed by atoms with van der Waals surface area (Å²) in [6.07, 6.45) is 2.19. The molecule has 0 aliphatic carbocycles. The molecule has 0 aromatic heterocycles. The van der Waals surface area contributed by atoms with Crippen LogP contribution < -0.4 is 5.32 Å². The molecule has 0 radical (unpaired) electrons. The van der Waals surface area contributed by atoms with Crippen LogP contribution in [0.2, 0.25) is 0 Å². The molecule has 1 N–H and O–H groups in total. The second kappa shape index (κ2) is 4.07. The predicted octanol–water partition coefficient (Wildman–Crippen LogP) is -0.403. The van der Waals surface area contributed by atoms with E-state index in [1.165, 1.54) is 0 Å². The van der Waals surface area contributed by atoms with Gasteiger partial charge in [0.25, 0.3) is 0 Å². The van der Waals surface area contributed by atoms with Gasteiger partial charge in [-0.15, -0.1) is 0 Å². The van der Waals surface area contributed by atoms with E-state index in [0.717, 1.165) is 39.1 Å². The summed E-state index contributed by atoms with van der Waals surface area (Å²) in [5.74, 6) is 0.224. The third kappa shape index (κ3) is 2.00. The SMILES string of the molecule is O=C1CNCCN1C1CCCOC1. The molecule has 1 unspecified atom stereocenters. The molecule has 1 atom stereocenters. The Labute approximate surface area is 78.2 Å². The lowest BCUT2D eigenvalue weighted by Gasteiger charge is -2.36. The first kappa shape index (κ1) is 8.97. The van der Waals surface area contributed by atoms with Gasteiger partial charge in [0.1, 0.15) is 0 Å². The molecule has 2 aliphatic rings. The molecule has 0 aromatic carbocycles. The van der Waals surface area contributed by atoms with E-state index < -0.39 is 0 Å². The molecular formula is C9H16N2O2. The number of ether oxygens (including phenoxy) is 1. The molecule has 0 saturated carbocycles. The summed E-state index contributed by atoms with van der Waals surface area (Å²) in [7, 11) is 0. The van der Waals surface area contributed by atoms with Crippen LogP contribution in [0.1, 0.15) is 12.8 Å². The van der Waals surface area contributed by atoms with Gasteiger partial charge in [-0.2, -0.15) is 0 Å². The molecule has 4 nitrogen and oxygen atoms in total. The first-order valence-corrected chi connectivity index (χ1v) is 4.96. The fourth-order valence-electron chi connectivity index (χ4n) is 1.98. The van der Waals surface area contributed by atoms with Gasteiger partial charge in [0.2, 0.25) is 5.91 Å². The quantitative estimate of drug-likeness (QED) is 0.603. The number of nitrogens with one attached hydrogen (secondary N) is 1. The van der Waals surface area contributed by atoms with Crippen LogP contribution in [-0.4, -0.2) is 49.7 Å². The van der Waals surface area contributed by atoms with Crippen LogP contribution >= 0.6 is 0 Å². The average Bonchev–Trinajstić information content (AvgIpc) is 2.20. The highest BCUT2D eigenvalue weighted by molar-refractivity contribution is 5.79. The molecule has 0 bridgehead atoms. The summed E-state index contributed by atoms with van der Waals surface area (Å²) in [6.45, 7) is 3.84. The summed E-state index contributed by atoms with van der Waals surface area (Å²) in [4.78, 5) is 13.5. The molecular weight excluding hydrogens is 168 g/mol. The number of hydrogen-bond donors (Lipinski definition) is 1. The van der Waals surface area contributed by atoms with E-state index in [2.05, 4.69) is 5.32 Å². The van der Waals surface area contributed by atoms with Crippen LogP contribution in [-0.2, 0) is 9.53 Å². The van der Waals surface area contributed by atoms with Gasteiger partial charge in [-0.3, -0.25) is 4.79 Å². The molecule has 2 heterocycles. The molecule has 2 saturated heterocycles. The van der Waals surface area contributed by atoms with Crippen molar-refractivity contribution in [2.45, 2.75) is 18.9 Å². The van der Waals surface area contributed by atoms with E-state index in [-0.39, 0.29) is 5.91 Å². The number of carbonyl (C=O) groups excluding carboxylic acids is 1. The largest absolute Gasteiger partial charge is 0.379 e. The Balaban J connectivity index is 1.92. The Morgan fingerprint density at radius 1 is 1.54 bits per heavy atom. The van der Waals surface area contributed by atoms with Crippen molar-refractivity contribution in [1.29, 1.82) is 0 Å². The zero-order valence-electron chi connectivity index (χ0n) is 7.79. The Morgan fingerprint density at radius 3 is 3.15 bits per heavy atom. The van der Waals surface area contributed by atoms with Crippen LogP contribution in [0.25, 0.3) is 0 Å². The summed E-state index contributed by atoms with van der Waals surface area (Å²) in [6, 6.07) is 0.336. The van der Waals surface area contributed by atoms with E-state index in [4.69, 9.17) is 4.74 Å². The second-order valence-electron chi connectivity index (χ2n) is 3.63. The summed E-state index contributed by atoms with van der Waals surface area (Å²) >= 11 is 0. The minimum Gasteiger partial charge on any atom is -0.379 e. The summed E-state index contributed by atoms with van der Waals surface area (Å²) in [5, 5.41) is 3.07. The molecule has 13 heavy (non-hydrogen) atoms. The highest BCUT2D eigenvalue weighted by atomic mass is 16.5. The van der Waals surface area contributed by atoms with Gasteiger partial charge < -0.3 is 15.0 Å². The maximum atomic E-state index is 11.5. The van der Waals surface area contributed by atoms with E-state index >= 15 is 0 Å². The van der Waals surface area contributed by atoms with Crippen molar-refractivity contribution in [3.05, 3.63) is 0 Å². The number of hydrogen-bond acceptors (Lipinski definition) is 3. The molecule has 2 rings (SSSR count). The van der Waals surface area contributed by atoms with Gasteiger partial charge in [-0.25, -0.2) is 0 Å². The predicted molar refractivity (Wildman–Crippen MR) is 48.4 cm³/mol. The minimum atomic E-state index is 0.224. The van der Waals surface area contributed by atoms with Crippen molar-refractivity contribution < 1.29 is 9.53 Å². The van der Waals surface area contributed by atoms with Crippen LogP contribution in [0, 0.1) is 0 Å². The first-order valence-electron chi connectivity index (χ1n) is 4.96. The molecule has 2 fully saturated rings. The van der Waals surface area contributed by atoms with Gasteiger partial charge in [0.15, 0.2) is 0 Å².